The topological polar surface area (TPSA) is 88.4 Å². The number of nitrogens with one attached hydrogen (secondary N) is 2. The third-order valence-electron chi connectivity index (χ3n) is 4.75. The number of fused-ring (bicyclic) bond motifs is 2. The molecule has 0 bridgehead atoms. The second-order valence-corrected chi connectivity index (χ2v) is 7.85. The number of hydrogen-bond donors (Lipinski definition) is 2. The molecule has 140 valence electrons. The summed E-state index contributed by atoms with van der Waals surface area (Å²) >= 11 is 1.30. The summed E-state index contributed by atoms with van der Waals surface area (Å²) in [6.07, 6.45) is 2.41. The highest BCUT2D eigenvalue weighted by molar-refractivity contribution is 7.20. The van der Waals surface area contributed by atoms with E-state index in [-0.39, 0.29) is 11.5 Å². The number of nitrogens with zero attached hydrogens (tertiary/aromatic N) is 3. The van der Waals surface area contributed by atoms with Crippen LogP contribution >= 0.6 is 11.3 Å². The van der Waals surface area contributed by atoms with Crippen LogP contribution in [0, 0.1) is 5.92 Å². The smallest absolute Gasteiger partial charge is 0.283 e. The standard InChI is InChI=1S/C20H17N5O2S/c26-17(21-11-12-5-6-12)13-7-9-14(10-8-13)22-19-24-25-18(27)15-3-1-2-4-16(15)23-20(25)28-19/h1-4,7-10,12H,5-6,11H2,(H,21,26)(H,22,24). The molecule has 1 saturated carbocycles. The number of carbonyl (C=O) groups excluding carboxylic acids is 1. The lowest BCUT2D eigenvalue weighted by molar-refractivity contribution is 0.0952. The number of benzene rings is 2. The van der Waals surface area contributed by atoms with Crippen molar-refractivity contribution in [3.8, 4) is 0 Å². The first-order valence-electron chi connectivity index (χ1n) is 9.11. The molecule has 1 aliphatic carbocycles. The maximum atomic E-state index is 12.6. The van der Waals surface area contributed by atoms with E-state index in [1.54, 1.807) is 18.2 Å². The third-order valence-corrected chi connectivity index (χ3v) is 5.57. The quantitative estimate of drug-likeness (QED) is 0.545. The van der Waals surface area contributed by atoms with Gasteiger partial charge in [0.05, 0.1) is 10.9 Å². The molecule has 0 spiro atoms. The predicted molar refractivity (Wildman–Crippen MR) is 109 cm³/mol. The van der Waals surface area contributed by atoms with Gasteiger partial charge in [-0.15, -0.1) is 5.10 Å². The Morgan fingerprint density at radius 2 is 1.93 bits per heavy atom. The summed E-state index contributed by atoms with van der Waals surface area (Å²) in [6.45, 7) is 0.751. The van der Waals surface area contributed by atoms with E-state index in [0.29, 0.717) is 32.5 Å². The molecule has 1 fully saturated rings. The van der Waals surface area contributed by atoms with Crippen LogP contribution in [0.15, 0.2) is 53.3 Å². The molecular formula is C20H17N5O2S. The minimum atomic E-state index is -0.187. The van der Waals surface area contributed by atoms with E-state index < -0.39 is 0 Å². The van der Waals surface area contributed by atoms with Crippen LogP contribution in [0.1, 0.15) is 23.2 Å². The van der Waals surface area contributed by atoms with Crippen molar-refractivity contribution in [1.82, 2.24) is 19.9 Å². The van der Waals surface area contributed by atoms with Gasteiger partial charge in [-0.2, -0.15) is 4.52 Å². The number of para-hydroxylation sites is 1. The van der Waals surface area contributed by atoms with Crippen LogP contribution in [0.5, 0.6) is 0 Å². The Balaban J connectivity index is 1.37. The molecule has 0 radical (unpaired) electrons. The normalized spacial score (nSPS) is 13.7. The number of anilines is 2. The monoisotopic (exact) mass is 391 g/mol. The Kier molecular flexibility index (Phi) is 4.05. The molecule has 0 atom stereocenters. The van der Waals surface area contributed by atoms with Crippen molar-refractivity contribution in [3.63, 3.8) is 0 Å². The Morgan fingerprint density at radius 3 is 2.71 bits per heavy atom. The highest BCUT2D eigenvalue weighted by atomic mass is 32.1. The molecule has 2 aromatic heterocycles. The fraction of sp³-hybridized carbons (Fsp3) is 0.200. The van der Waals surface area contributed by atoms with Crippen molar-refractivity contribution in [2.45, 2.75) is 12.8 Å². The zero-order chi connectivity index (χ0) is 19.1. The van der Waals surface area contributed by atoms with Crippen molar-refractivity contribution in [1.29, 1.82) is 0 Å². The van der Waals surface area contributed by atoms with Gasteiger partial charge in [-0.05, 0) is 55.2 Å². The lowest BCUT2D eigenvalue weighted by atomic mass is 10.2. The second-order valence-electron chi connectivity index (χ2n) is 6.89. The van der Waals surface area contributed by atoms with Gasteiger partial charge in [0.25, 0.3) is 11.5 Å². The van der Waals surface area contributed by atoms with Gasteiger partial charge in [-0.1, -0.05) is 23.5 Å². The second kappa shape index (κ2) is 6.72. The van der Waals surface area contributed by atoms with Crippen molar-refractivity contribution >= 4 is 43.9 Å². The Bertz CT molecular complexity index is 1240. The summed E-state index contributed by atoms with van der Waals surface area (Å²) in [5, 5.41) is 11.6. The van der Waals surface area contributed by atoms with E-state index >= 15 is 0 Å². The summed E-state index contributed by atoms with van der Waals surface area (Å²) in [5.41, 5.74) is 1.88. The van der Waals surface area contributed by atoms with Crippen molar-refractivity contribution in [2.24, 2.45) is 5.92 Å². The first-order valence-corrected chi connectivity index (χ1v) is 9.93. The Morgan fingerprint density at radius 1 is 1.14 bits per heavy atom. The SMILES string of the molecule is O=C(NCC1CC1)c1ccc(Nc2nn3c(=O)c4ccccc4nc3s2)cc1. The molecule has 2 N–H and O–H groups in total. The summed E-state index contributed by atoms with van der Waals surface area (Å²) in [4.78, 5) is 29.7. The molecule has 1 aliphatic rings. The van der Waals surface area contributed by atoms with E-state index in [9.17, 15) is 9.59 Å². The number of amides is 1. The van der Waals surface area contributed by atoms with Gasteiger partial charge in [0.1, 0.15) is 0 Å². The Hall–Kier alpha value is -3.26. The van der Waals surface area contributed by atoms with Crippen molar-refractivity contribution < 1.29 is 4.79 Å². The number of aromatic nitrogens is 3. The molecule has 2 aromatic carbocycles. The lowest BCUT2D eigenvalue weighted by Gasteiger charge is -2.06. The van der Waals surface area contributed by atoms with Crippen LogP contribution < -0.4 is 16.2 Å². The van der Waals surface area contributed by atoms with E-state index in [1.807, 2.05) is 30.3 Å². The van der Waals surface area contributed by atoms with Crippen LogP contribution in [0.4, 0.5) is 10.8 Å². The lowest BCUT2D eigenvalue weighted by Crippen LogP contribution is -2.25. The zero-order valence-electron chi connectivity index (χ0n) is 14.9. The van der Waals surface area contributed by atoms with E-state index in [4.69, 9.17) is 0 Å². The number of carbonyl (C=O) groups is 1. The highest BCUT2D eigenvalue weighted by Gasteiger charge is 2.21. The molecule has 8 heteroatoms. The minimum absolute atomic E-state index is 0.0547. The number of rotatable bonds is 5. The first kappa shape index (κ1) is 16.9. The molecule has 1 amide bonds. The van der Waals surface area contributed by atoms with Gasteiger partial charge < -0.3 is 10.6 Å². The maximum absolute atomic E-state index is 12.6. The Labute approximate surface area is 164 Å². The van der Waals surface area contributed by atoms with Crippen molar-refractivity contribution in [2.75, 3.05) is 11.9 Å². The summed E-state index contributed by atoms with van der Waals surface area (Å²) in [7, 11) is 0. The molecule has 5 rings (SSSR count). The summed E-state index contributed by atoms with van der Waals surface area (Å²) < 4.78 is 1.31. The van der Waals surface area contributed by atoms with Crippen LogP contribution in [-0.4, -0.2) is 27.0 Å². The average molecular weight is 391 g/mol. The molecule has 7 nitrogen and oxygen atoms in total. The molecule has 0 aliphatic heterocycles. The molecule has 0 saturated heterocycles. The van der Waals surface area contributed by atoms with E-state index in [2.05, 4.69) is 20.7 Å². The fourth-order valence-electron chi connectivity index (χ4n) is 3.00. The zero-order valence-corrected chi connectivity index (χ0v) is 15.7. The van der Waals surface area contributed by atoms with Gasteiger partial charge in [0, 0.05) is 17.8 Å². The molecule has 4 aromatic rings. The fourth-order valence-corrected chi connectivity index (χ4v) is 3.81. The minimum Gasteiger partial charge on any atom is -0.352 e. The van der Waals surface area contributed by atoms with Gasteiger partial charge >= 0.3 is 0 Å². The average Bonchev–Trinajstić information content (AvgIpc) is 3.46. The van der Waals surface area contributed by atoms with Crippen LogP contribution in [0.2, 0.25) is 0 Å². The van der Waals surface area contributed by atoms with Gasteiger partial charge in [0.2, 0.25) is 10.1 Å². The van der Waals surface area contributed by atoms with E-state index in [0.717, 1.165) is 12.2 Å². The van der Waals surface area contributed by atoms with Crippen LogP contribution in [0.3, 0.4) is 0 Å². The third kappa shape index (κ3) is 3.22. The number of hydrogen-bond acceptors (Lipinski definition) is 6. The highest BCUT2D eigenvalue weighted by Crippen LogP contribution is 2.27. The molecule has 2 heterocycles. The maximum Gasteiger partial charge on any atom is 0.283 e. The predicted octanol–water partition coefficient (Wildman–Crippen LogP) is 3.19. The largest absolute Gasteiger partial charge is 0.352 e. The van der Waals surface area contributed by atoms with Crippen LogP contribution in [-0.2, 0) is 0 Å². The molecule has 28 heavy (non-hydrogen) atoms. The van der Waals surface area contributed by atoms with Crippen LogP contribution in [0.25, 0.3) is 15.9 Å². The van der Waals surface area contributed by atoms with E-state index in [1.165, 1.54) is 28.7 Å². The van der Waals surface area contributed by atoms with Crippen molar-refractivity contribution in [3.05, 3.63) is 64.4 Å². The van der Waals surface area contributed by atoms with Gasteiger partial charge in [-0.25, -0.2) is 4.98 Å². The first-order chi connectivity index (χ1) is 13.7. The van der Waals surface area contributed by atoms with Gasteiger partial charge in [-0.3, -0.25) is 9.59 Å². The molecular weight excluding hydrogens is 374 g/mol. The van der Waals surface area contributed by atoms with Gasteiger partial charge in [0.15, 0.2) is 0 Å². The molecule has 0 unspecified atom stereocenters. The summed E-state index contributed by atoms with van der Waals surface area (Å²) in [5.74, 6) is 0.596. The summed E-state index contributed by atoms with van der Waals surface area (Å²) in [6, 6.07) is 14.4.